The van der Waals surface area contributed by atoms with Gasteiger partial charge in [0.2, 0.25) is 0 Å². The van der Waals surface area contributed by atoms with Gasteiger partial charge in [0.05, 0.1) is 14.9 Å². The molecule has 0 radical (unpaired) electrons. The van der Waals surface area contributed by atoms with Gasteiger partial charge in [0, 0.05) is 11.0 Å². The zero-order chi connectivity index (χ0) is 13.4. The van der Waals surface area contributed by atoms with Gasteiger partial charge >= 0.3 is 0 Å². The smallest absolute Gasteiger partial charge is 0.179 e. The molecule has 4 heteroatoms. The SMILES string of the molecule is CC(C)(C)Nc1cc(Cl)c(C(=O)C(C)(C)C)s1. The molecule has 96 valence electrons. The van der Waals surface area contributed by atoms with Gasteiger partial charge in [0.25, 0.3) is 0 Å². The van der Waals surface area contributed by atoms with E-state index in [1.165, 1.54) is 11.3 Å². The molecule has 0 aliphatic carbocycles. The lowest BCUT2D eigenvalue weighted by Gasteiger charge is -2.20. The maximum absolute atomic E-state index is 12.2. The largest absolute Gasteiger partial charge is 0.372 e. The summed E-state index contributed by atoms with van der Waals surface area (Å²) in [6.45, 7) is 11.9. The maximum atomic E-state index is 12.2. The van der Waals surface area contributed by atoms with Gasteiger partial charge in [0.15, 0.2) is 5.78 Å². The Kier molecular flexibility index (Phi) is 3.94. The summed E-state index contributed by atoms with van der Waals surface area (Å²) < 4.78 is 0. The van der Waals surface area contributed by atoms with Gasteiger partial charge in [-0.2, -0.15) is 0 Å². The predicted molar refractivity (Wildman–Crippen MR) is 76.5 cm³/mol. The fraction of sp³-hybridized carbons (Fsp3) is 0.615. The average molecular weight is 274 g/mol. The molecule has 0 saturated carbocycles. The van der Waals surface area contributed by atoms with Crippen molar-refractivity contribution in [2.24, 2.45) is 5.41 Å². The van der Waals surface area contributed by atoms with E-state index in [0.717, 1.165) is 5.00 Å². The van der Waals surface area contributed by atoms with Crippen LogP contribution in [-0.4, -0.2) is 11.3 Å². The third-order valence-corrected chi connectivity index (χ3v) is 3.53. The highest BCUT2D eigenvalue weighted by Crippen LogP contribution is 2.36. The highest BCUT2D eigenvalue weighted by atomic mass is 35.5. The number of hydrogen-bond donors (Lipinski definition) is 1. The quantitative estimate of drug-likeness (QED) is 0.781. The Morgan fingerprint density at radius 3 is 2.18 bits per heavy atom. The predicted octanol–water partition coefficient (Wildman–Crippen LogP) is 4.84. The molecule has 2 nitrogen and oxygen atoms in total. The summed E-state index contributed by atoms with van der Waals surface area (Å²) >= 11 is 7.55. The Hall–Kier alpha value is -0.540. The zero-order valence-electron chi connectivity index (χ0n) is 11.3. The van der Waals surface area contributed by atoms with Crippen LogP contribution in [0.3, 0.4) is 0 Å². The molecule has 0 fully saturated rings. The molecule has 0 aliphatic rings. The van der Waals surface area contributed by atoms with Gasteiger partial charge in [-0.3, -0.25) is 4.79 Å². The number of carbonyl (C=O) groups excluding carboxylic acids is 1. The van der Waals surface area contributed by atoms with Crippen LogP contribution in [0.15, 0.2) is 6.07 Å². The number of anilines is 1. The van der Waals surface area contributed by atoms with E-state index in [4.69, 9.17) is 11.6 Å². The maximum Gasteiger partial charge on any atom is 0.179 e. The van der Waals surface area contributed by atoms with Gasteiger partial charge in [-0.1, -0.05) is 32.4 Å². The Labute approximate surface area is 112 Å². The van der Waals surface area contributed by atoms with Crippen LogP contribution in [-0.2, 0) is 0 Å². The van der Waals surface area contributed by atoms with Gasteiger partial charge in [-0.25, -0.2) is 0 Å². The van der Waals surface area contributed by atoms with Gasteiger partial charge in [0.1, 0.15) is 0 Å². The summed E-state index contributed by atoms with van der Waals surface area (Å²) in [4.78, 5) is 12.8. The van der Waals surface area contributed by atoms with Crippen molar-refractivity contribution in [3.05, 3.63) is 16.0 Å². The monoisotopic (exact) mass is 273 g/mol. The number of rotatable bonds is 2. The number of ketones is 1. The summed E-state index contributed by atoms with van der Waals surface area (Å²) in [5.74, 6) is 0.0921. The Balaban J connectivity index is 3.01. The minimum absolute atomic E-state index is 0.0315. The zero-order valence-corrected chi connectivity index (χ0v) is 12.8. The van der Waals surface area contributed by atoms with Crippen molar-refractivity contribution >= 4 is 33.7 Å². The van der Waals surface area contributed by atoms with Crippen molar-refractivity contribution in [1.29, 1.82) is 0 Å². The number of hydrogen-bond acceptors (Lipinski definition) is 3. The number of Topliss-reactive ketones (excluding diaryl/α,β-unsaturated/α-hetero) is 1. The average Bonchev–Trinajstić information content (AvgIpc) is 2.40. The molecule has 0 unspecified atom stereocenters. The summed E-state index contributed by atoms with van der Waals surface area (Å²) in [5, 5.41) is 4.81. The lowest BCUT2D eigenvalue weighted by Crippen LogP contribution is -2.25. The molecular formula is C13H20ClNOS. The third kappa shape index (κ3) is 4.00. The third-order valence-electron chi connectivity index (χ3n) is 2.07. The minimum atomic E-state index is -0.395. The van der Waals surface area contributed by atoms with Crippen LogP contribution in [0.1, 0.15) is 51.2 Å². The van der Waals surface area contributed by atoms with Crippen LogP contribution >= 0.6 is 22.9 Å². The molecular weight excluding hydrogens is 254 g/mol. The van der Waals surface area contributed by atoms with E-state index in [0.29, 0.717) is 9.90 Å². The summed E-state index contributed by atoms with van der Waals surface area (Å²) in [6.07, 6.45) is 0. The fourth-order valence-corrected chi connectivity index (χ4v) is 2.98. The van der Waals surface area contributed by atoms with E-state index in [-0.39, 0.29) is 11.3 Å². The molecule has 0 aromatic carbocycles. The normalized spacial score (nSPS) is 12.6. The molecule has 0 saturated heterocycles. The van der Waals surface area contributed by atoms with Crippen molar-refractivity contribution in [2.75, 3.05) is 5.32 Å². The van der Waals surface area contributed by atoms with Crippen molar-refractivity contribution in [2.45, 2.75) is 47.1 Å². The number of nitrogens with one attached hydrogen (secondary N) is 1. The van der Waals surface area contributed by atoms with Crippen molar-refractivity contribution in [3.8, 4) is 0 Å². The molecule has 1 aromatic rings. The molecule has 0 atom stereocenters. The lowest BCUT2D eigenvalue weighted by molar-refractivity contribution is 0.0863. The van der Waals surface area contributed by atoms with Crippen LogP contribution in [0, 0.1) is 5.41 Å². The first-order chi connectivity index (χ1) is 7.50. The van der Waals surface area contributed by atoms with Crippen LogP contribution in [0.4, 0.5) is 5.00 Å². The van der Waals surface area contributed by atoms with Crippen molar-refractivity contribution < 1.29 is 4.79 Å². The van der Waals surface area contributed by atoms with E-state index >= 15 is 0 Å². The number of carbonyl (C=O) groups is 1. The van der Waals surface area contributed by atoms with Gasteiger partial charge < -0.3 is 5.32 Å². The van der Waals surface area contributed by atoms with Crippen LogP contribution in [0.5, 0.6) is 0 Å². The molecule has 0 aliphatic heterocycles. The second-order valence-electron chi connectivity index (χ2n) is 6.24. The molecule has 1 aromatic heterocycles. The number of halogens is 1. The standard InChI is InChI=1S/C13H20ClNOS/c1-12(2,3)11(16)10-8(14)7-9(17-10)15-13(4,5)6/h7,15H,1-6H3. The highest BCUT2D eigenvalue weighted by Gasteiger charge is 2.27. The van der Waals surface area contributed by atoms with Crippen LogP contribution < -0.4 is 5.32 Å². The Morgan fingerprint density at radius 2 is 1.76 bits per heavy atom. The number of thiophene rings is 1. The molecule has 1 rings (SSSR count). The molecule has 0 spiro atoms. The topological polar surface area (TPSA) is 29.1 Å². The first-order valence-corrected chi connectivity index (χ1v) is 6.82. The van der Waals surface area contributed by atoms with E-state index in [9.17, 15) is 4.79 Å². The van der Waals surface area contributed by atoms with E-state index in [2.05, 4.69) is 26.1 Å². The minimum Gasteiger partial charge on any atom is -0.372 e. The molecule has 17 heavy (non-hydrogen) atoms. The molecule has 1 N–H and O–H groups in total. The van der Waals surface area contributed by atoms with Crippen molar-refractivity contribution in [1.82, 2.24) is 0 Å². The molecule has 1 heterocycles. The van der Waals surface area contributed by atoms with E-state index in [1.54, 1.807) is 0 Å². The summed E-state index contributed by atoms with van der Waals surface area (Å²) in [5.41, 5.74) is -0.427. The Bertz CT molecular complexity index is 424. The second kappa shape index (κ2) is 4.62. The lowest BCUT2D eigenvalue weighted by atomic mass is 9.90. The molecule has 0 amide bonds. The second-order valence-corrected chi connectivity index (χ2v) is 7.70. The first-order valence-electron chi connectivity index (χ1n) is 5.63. The summed E-state index contributed by atoms with van der Waals surface area (Å²) in [6, 6.07) is 1.83. The van der Waals surface area contributed by atoms with E-state index < -0.39 is 5.41 Å². The molecule has 0 bridgehead atoms. The van der Waals surface area contributed by atoms with Gasteiger partial charge in [-0.05, 0) is 26.8 Å². The first kappa shape index (κ1) is 14.5. The van der Waals surface area contributed by atoms with Crippen molar-refractivity contribution in [3.63, 3.8) is 0 Å². The van der Waals surface area contributed by atoms with E-state index in [1.807, 2.05) is 26.8 Å². The fourth-order valence-electron chi connectivity index (χ4n) is 1.30. The summed E-state index contributed by atoms with van der Waals surface area (Å²) in [7, 11) is 0. The Morgan fingerprint density at radius 1 is 1.24 bits per heavy atom. The highest BCUT2D eigenvalue weighted by molar-refractivity contribution is 7.18. The van der Waals surface area contributed by atoms with Gasteiger partial charge in [-0.15, -0.1) is 11.3 Å². The van der Waals surface area contributed by atoms with Crippen LogP contribution in [0.2, 0.25) is 5.02 Å². The van der Waals surface area contributed by atoms with Crippen LogP contribution in [0.25, 0.3) is 0 Å².